The third-order valence-electron chi connectivity index (χ3n) is 4.50. The van der Waals surface area contributed by atoms with Crippen LogP contribution in [0.1, 0.15) is 28.0 Å². The van der Waals surface area contributed by atoms with Gasteiger partial charge < -0.3 is 4.98 Å². The number of hydrogen-bond donors (Lipinski definition) is 1. The minimum Gasteiger partial charge on any atom is -0.352 e. The van der Waals surface area contributed by atoms with Gasteiger partial charge in [0.05, 0.1) is 5.69 Å². The molecule has 1 unspecified atom stereocenters. The van der Waals surface area contributed by atoms with Gasteiger partial charge in [0.2, 0.25) is 0 Å². The van der Waals surface area contributed by atoms with Gasteiger partial charge in [-0.3, -0.25) is 4.79 Å². The van der Waals surface area contributed by atoms with E-state index in [0.717, 1.165) is 30.5 Å². The molecular weight excluding hydrogens is 258 g/mol. The SMILES string of the molecule is O=C1c2[nH]c3ccccc3c2CCC1Cc1ccccc1. The lowest BCUT2D eigenvalue weighted by Crippen LogP contribution is -2.24. The Kier molecular flexibility index (Phi) is 2.88. The molecule has 104 valence electrons. The number of H-pyrrole nitrogens is 1. The number of carbonyl (C=O) groups is 1. The molecular formula is C19H17NO. The lowest BCUT2D eigenvalue weighted by atomic mass is 9.82. The molecule has 0 radical (unpaired) electrons. The highest BCUT2D eigenvalue weighted by molar-refractivity contribution is 6.04. The molecule has 2 aromatic carbocycles. The maximum absolute atomic E-state index is 12.8. The van der Waals surface area contributed by atoms with E-state index in [-0.39, 0.29) is 11.7 Å². The summed E-state index contributed by atoms with van der Waals surface area (Å²) in [5, 5.41) is 1.21. The summed E-state index contributed by atoms with van der Waals surface area (Å²) in [6, 6.07) is 18.5. The Balaban J connectivity index is 1.69. The number of nitrogens with one attached hydrogen (secondary N) is 1. The molecule has 21 heavy (non-hydrogen) atoms. The van der Waals surface area contributed by atoms with Crippen molar-refractivity contribution in [1.82, 2.24) is 4.98 Å². The second-order valence-corrected chi connectivity index (χ2v) is 5.81. The summed E-state index contributed by atoms with van der Waals surface area (Å²) >= 11 is 0. The van der Waals surface area contributed by atoms with Crippen LogP contribution in [0.25, 0.3) is 10.9 Å². The Morgan fingerprint density at radius 3 is 2.62 bits per heavy atom. The molecule has 0 aliphatic heterocycles. The summed E-state index contributed by atoms with van der Waals surface area (Å²) in [4.78, 5) is 16.1. The number of carbonyl (C=O) groups excluding carboxylic acids is 1. The third-order valence-corrected chi connectivity index (χ3v) is 4.50. The monoisotopic (exact) mass is 275 g/mol. The largest absolute Gasteiger partial charge is 0.352 e. The van der Waals surface area contributed by atoms with Crippen LogP contribution < -0.4 is 0 Å². The molecule has 2 heteroatoms. The molecule has 1 aromatic heterocycles. The van der Waals surface area contributed by atoms with Crippen molar-refractivity contribution in [2.75, 3.05) is 0 Å². The lowest BCUT2D eigenvalue weighted by Gasteiger charge is -2.21. The van der Waals surface area contributed by atoms with Gasteiger partial charge in [-0.25, -0.2) is 0 Å². The first-order chi connectivity index (χ1) is 10.3. The van der Waals surface area contributed by atoms with E-state index in [0.29, 0.717) is 0 Å². The standard InChI is InChI=1S/C19H17NO/c21-19-14(12-13-6-2-1-3-7-13)10-11-16-15-8-4-5-9-17(15)20-18(16)19/h1-9,14,20H,10-12H2. The van der Waals surface area contributed by atoms with Gasteiger partial charge in [-0.1, -0.05) is 48.5 Å². The van der Waals surface area contributed by atoms with Crippen molar-refractivity contribution in [3.8, 4) is 0 Å². The van der Waals surface area contributed by atoms with Crippen LogP contribution in [-0.4, -0.2) is 10.8 Å². The molecule has 3 aromatic rings. The van der Waals surface area contributed by atoms with Crippen LogP contribution in [0.4, 0.5) is 0 Å². The van der Waals surface area contributed by atoms with Gasteiger partial charge in [0.15, 0.2) is 5.78 Å². The molecule has 1 heterocycles. The highest BCUT2D eigenvalue weighted by Crippen LogP contribution is 2.32. The Bertz CT molecular complexity index is 801. The molecule has 0 spiro atoms. The Morgan fingerprint density at radius 1 is 1.00 bits per heavy atom. The van der Waals surface area contributed by atoms with Crippen molar-refractivity contribution in [2.45, 2.75) is 19.3 Å². The van der Waals surface area contributed by atoms with Gasteiger partial charge in [0.25, 0.3) is 0 Å². The van der Waals surface area contributed by atoms with Crippen molar-refractivity contribution in [3.63, 3.8) is 0 Å². The normalized spacial score (nSPS) is 17.9. The molecule has 1 aliphatic rings. The maximum atomic E-state index is 12.8. The van der Waals surface area contributed by atoms with Crippen molar-refractivity contribution in [2.24, 2.45) is 5.92 Å². The number of fused-ring (bicyclic) bond motifs is 3. The van der Waals surface area contributed by atoms with Gasteiger partial charge in [-0.2, -0.15) is 0 Å². The van der Waals surface area contributed by atoms with E-state index in [1.54, 1.807) is 0 Å². The van der Waals surface area contributed by atoms with Gasteiger partial charge in [0, 0.05) is 16.8 Å². The van der Waals surface area contributed by atoms with E-state index in [1.165, 1.54) is 16.5 Å². The van der Waals surface area contributed by atoms with Gasteiger partial charge >= 0.3 is 0 Å². The minimum absolute atomic E-state index is 0.105. The zero-order valence-electron chi connectivity index (χ0n) is 11.8. The van der Waals surface area contributed by atoms with Crippen LogP contribution >= 0.6 is 0 Å². The molecule has 0 amide bonds. The first kappa shape index (κ1) is 12.4. The van der Waals surface area contributed by atoms with Crippen LogP contribution in [0.2, 0.25) is 0 Å². The summed E-state index contributed by atoms with van der Waals surface area (Å²) in [5.41, 5.74) is 4.37. The Labute approximate surface area is 123 Å². The molecule has 4 rings (SSSR count). The summed E-state index contributed by atoms with van der Waals surface area (Å²) < 4.78 is 0. The summed E-state index contributed by atoms with van der Waals surface area (Å²) in [6.07, 6.45) is 2.78. The predicted molar refractivity (Wildman–Crippen MR) is 84.6 cm³/mol. The van der Waals surface area contributed by atoms with Crippen molar-refractivity contribution in [1.29, 1.82) is 0 Å². The number of ketones is 1. The first-order valence-corrected chi connectivity index (χ1v) is 7.50. The molecule has 0 bridgehead atoms. The number of aromatic amines is 1. The third kappa shape index (κ3) is 2.07. The number of Topliss-reactive ketones (excluding diaryl/α,β-unsaturated/α-hetero) is 1. The summed E-state index contributed by atoms with van der Waals surface area (Å²) in [6.45, 7) is 0. The van der Waals surface area contributed by atoms with Crippen molar-refractivity contribution in [3.05, 3.63) is 71.4 Å². The van der Waals surface area contributed by atoms with E-state index in [9.17, 15) is 4.79 Å². The lowest BCUT2D eigenvalue weighted by molar-refractivity contribution is 0.0897. The number of aryl methyl sites for hydroxylation is 1. The number of para-hydroxylation sites is 1. The van der Waals surface area contributed by atoms with Crippen molar-refractivity contribution < 1.29 is 4.79 Å². The number of hydrogen-bond acceptors (Lipinski definition) is 1. The number of aromatic nitrogens is 1. The topological polar surface area (TPSA) is 32.9 Å². The number of rotatable bonds is 2. The molecule has 0 saturated heterocycles. The van der Waals surface area contributed by atoms with E-state index in [2.05, 4.69) is 23.2 Å². The van der Waals surface area contributed by atoms with Crippen LogP contribution in [0.5, 0.6) is 0 Å². The molecule has 0 saturated carbocycles. The van der Waals surface area contributed by atoms with Gasteiger partial charge in [0.1, 0.15) is 0 Å². The highest BCUT2D eigenvalue weighted by Gasteiger charge is 2.30. The fourth-order valence-corrected chi connectivity index (χ4v) is 3.42. The fraction of sp³-hybridized carbons (Fsp3) is 0.211. The zero-order chi connectivity index (χ0) is 14.2. The molecule has 1 N–H and O–H groups in total. The Morgan fingerprint density at radius 2 is 1.76 bits per heavy atom. The molecule has 0 fully saturated rings. The molecule has 1 aliphatic carbocycles. The number of benzene rings is 2. The molecule has 1 atom stereocenters. The van der Waals surface area contributed by atoms with E-state index in [1.807, 2.05) is 36.4 Å². The van der Waals surface area contributed by atoms with Crippen LogP contribution in [0.3, 0.4) is 0 Å². The smallest absolute Gasteiger partial charge is 0.182 e. The maximum Gasteiger partial charge on any atom is 0.182 e. The van der Waals surface area contributed by atoms with Gasteiger partial charge in [-0.15, -0.1) is 0 Å². The zero-order valence-corrected chi connectivity index (χ0v) is 11.8. The highest BCUT2D eigenvalue weighted by atomic mass is 16.1. The van der Waals surface area contributed by atoms with E-state index >= 15 is 0 Å². The van der Waals surface area contributed by atoms with Crippen LogP contribution in [0, 0.1) is 5.92 Å². The fourth-order valence-electron chi connectivity index (χ4n) is 3.42. The van der Waals surface area contributed by atoms with Crippen LogP contribution in [0.15, 0.2) is 54.6 Å². The van der Waals surface area contributed by atoms with Crippen molar-refractivity contribution >= 4 is 16.7 Å². The van der Waals surface area contributed by atoms with Gasteiger partial charge in [-0.05, 0) is 36.5 Å². The Hall–Kier alpha value is -2.35. The quantitative estimate of drug-likeness (QED) is 0.748. The van der Waals surface area contributed by atoms with Crippen LogP contribution in [-0.2, 0) is 12.8 Å². The first-order valence-electron chi connectivity index (χ1n) is 7.50. The second-order valence-electron chi connectivity index (χ2n) is 5.81. The second kappa shape index (κ2) is 4.88. The van der Waals surface area contributed by atoms with E-state index < -0.39 is 0 Å². The average molecular weight is 275 g/mol. The minimum atomic E-state index is 0.105. The van der Waals surface area contributed by atoms with E-state index in [4.69, 9.17) is 0 Å². The predicted octanol–water partition coefficient (Wildman–Crippen LogP) is 4.16. The molecule has 2 nitrogen and oxygen atoms in total. The summed E-state index contributed by atoms with van der Waals surface area (Å²) in [7, 11) is 0. The average Bonchev–Trinajstić information content (AvgIpc) is 2.91. The summed E-state index contributed by atoms with van der Waals surface area (Å²) in [5.74, 6) is 0.379.